The molecule has 134 valence electrons. The monoisotopic (exact) mass is 350 g/mol. The summed E-state index contributed by atoms with van der Waals surface area (Å²) in [6, 6.07) is 16.2. The lowest BCUT2D eigenvalue weighted by Crippen LogP contribution is -2.36. The Labute approximate surface area is 153 Å². The predicted molar refractivity (Wildman–Crippen MR) is 99.4 cm³/mol. The summed E-state index contributed by atoms with van der Waals surface area (Å²) in [5.41, 5.74) is 2.06. The molecular weight excluding hydrogens is 328 g/mol. The summed E-state index contributed by atoms with van der Waals surface area (Å²) in [5, 5.41) is 12.1. The van der Waals surface area contributed by atoms with Crippen LogP contribution in [0.3, 0.4) is 0 Å². The average molecular weight is 350 g/mol. The molecule has 0 unspecified atom stereocenters. The molecule has 1 amide bonds. The van der Waals surface area contributed by atoms with Crippen LogP contribution in [-0.4, -0.2) is 24.5 Å². The maximum Gasteiger partial charge on any atom is 0.339 e. The van der Waals surface area contributed by atoms with E-state index < -0.39 is 5.97 Å². The van der Waals surface area contributed by atoms with Crippen LogP contribution >= 0.6 is 0 Å². The summed E-state index contributed by atoms with van der Waals surface area (Å²) < 4.78 is 5.18. The molecule has 2 aromatic carbocycles. The Morgan fingerprint density at radius 2 is 1.65 bits per heavy atom. The second-order valence-electron chi connectivity index (χ2n) is 5.86. The third-order valence-electron chi connectivity index (χ3n) is 4.17. The van der Waals surface area contributed by atoms with E-state index in [1.807, 2.05) is 13.8 Å². The Hall–Kier alpha value is -3.13. The molecule has 0 bridgehead atoms. The van der Waals surface area contributed by atoms with Crippen LogP contribution in [0.25, 0.3) is 11.1 Å². The van der Waals surface area contributed by atoms with Gasteiger partial charge >= 0.3 is 5.97 Å². The van der Waals surface area contributed by atoms with E-state index in [0.717, 1.165) is 12.8 Å². The van der Waals surface area contributed by atoms with Crippen molar-refractivity contribution in [2.24, 2.45) is 0 Å². The molecule has 5 nitrogen and oxygen atoms in total. The van der Waals surface area contributed by atoms with Crippen LogP contribution in [0.5, 0.6) is 0 Å². The molecule has 0 aliphatic heterocycles. The van der Waals surface area contributed by atoms with Gasteiger partial charge in [-0.05, 0) is 30.5 Å². The molecule has 0 atom stereocenters. The minimum atomic E-state index is -0.590. The van der Waals surface area contributed by atoms with Crippen molar-refractivity contribution in [3.05, 3.63) is 59.7 Å². The number of hydrogen-bond acceptors (Lipinski definition) is 4. The molecule has 0 fully saturated rings. The summed E-state index contributed by atoms with van der Waals surface area (Å²) in [6.07, 6.45) is 1.65. The number of hydrogen-bond donors (Lipinski definition) is 1. The van der Waals surface area contributed by atoms with Crippen molar-refractivity contribution in [3.8, 4) is 17.2 Å². The van der Waals surface area contributed by atoms with Crippen molar-refractivity contribution in [1.82, 2.24) is 5.32 Å². The molecule has 0 aliphatic carbocycles. The highest BCUT2D eigenvalue weighted by Crippen LogP contribution is 2.27. The molecule has 0 radical (unpaired) electrons. The highest BCUT2D eigenvalue weighted by atomic mass is 16.5. The summed E-state index contributed by atoms with van der Waals surface area (Å²) in [5.74, 6) is -0.907. The van der Waals surface area contributed by atoms with E-state index in [4.69, 9.17) is 4.74 Å². The van der Waals surface area contributed by atoms with E-state index in [1.165, 1.54) is 0 Å². The van der Waals surface area contributed by atoms with Gasteiger partial charge in [-0.2, -0.15) is 5.26 Å². The largest absolute Gasteiger partial charge is 0.452 e. The number of rotatable bonds is 7. The van der Waals surface area contributed by atoms with E-state index in [9.17, 15) is 14.9 Å². The maximum atomic E-state index is 12.5. The third kappa shape index (κ3) is 4.70. The first kappa shape index (κ1) is 19.2. The standard InChI is InChI=1S/C21H22N2O3/c1-3-16(4-2)23-20(24)14-26-21(25)19-12-8-7-11-18(19)17-10-6-5-9-15(17)13-22/h5-12,16H,3-4,14H2,1-2H3,(H,23,24). The fraction of sp³-hybridized carbons (Fsp3) is 0.286. The zero-order valence-corrected chi connectivity index (χ0v) is 15.0. The van der Waals surface area contributed by atoms with Gasteiger partial charge in [-0.15, -0.1) is 0 Å². The van der Waals surface area contributed by atoms with Gasteiger partial charge in [-0.1, -0.05) is 50.2 Å². The highest BCUT2D eigenvalue weighted by molar-refractivity contribution is 5.98. The van der Waals surface area contributed by atoms with Gasteiger partial charge in [0.15, 0.2) is 6.61 Å². The number of nitriles is 1. The number of benzene rings is 2. The summed E-state index contributed by atoms with van der Waals surface area (Å²) in [6.45, 7) is 3.65. The second-order valence-corrected chi connectivity index (χ2v) is 5.86. The van der Waals surface area contributed by atoms with Gasteiger partial charge in [-0.3, -0.25) is 4.79 Å². The van der Waals surface area contributed by atoms with Crippen molar-refractivity contribution < 1.29 is 14.3 Å². The number of ether oxygens (including phenoxy) is 1. The number of esters is 1. The Bertz CT molecular complexity index is 820. The van der Waals surface area contributed by atoms with Crippen molar-refractivity contribution in [2.45, 2.75) is 32.7 Å². The molecule has 0 saturated heterocycles. The molecule has 0 aliphatic rings. The van der Waals surface area contributed by atoms with Gasteiger partial charge in [0.25, 0.3) is 5.91 Å². The number of nitrogens with zero attached hydrogens (tertiary/aromatic N) is 1. The molecule has 0 spiro atoms. The Morgan fingerprint density at radius 1 is 1.04 bits per heavy atom. The quantitative estimate of drug-likeness (QED) is 0.773. The molecule has 0 saturated carbocycles. The minimum absolute atomic E-state index is 0.0796. The van der Waals surface area contributed by atoms with Gasteiger partial charge in [0.05, 0.1) is 17.2 Å². The van der Waals surface area contributed by atoms with Crippen LogP contribution in [0.15, 0.2) is 48.5 Å². The zero-order valence-electron chi connectivity index (χ0n) is 15.0. The molecule has 2 rings (SSSR count). The molecule has 0 aromatic heterocycles. The summed E-state index contributed by atoms with van der Waals surface area (Å²) >= 11 is 0. The first-order valence-corrected chi connectivity index (χ1v) is 8.65. The Morgan fingerprint density at radius 3 is 2.31 bits per heavy atom. The van der Waals surface area contributed by atoms with Crippen LogP contribution in [-0.2, 0) is 9.53 Å². The molecule has 5 heteroatoms. The van der Waals surface area contributed by atoms with Crippen LogP contribution in [0.1, 0.15) is 42.6 Å². The third-order valence-corrected chi connectivity index (χ3v) is 4.17. The van der Waals surface area contributed by atoms with Crippen molar-refractivity contribution in [1.29, 1.82) is 5.26 Å². The van der Waals surface area contributed by atoms with Crippen molar-refractivity contribution in [3.63, 3.8) is 0 Å². The van der Waals surface area contributed by atoms with Crippen LogP contribution in [0.4, 0.5) is 0 Å². The SMILES string of the molecule is CCC(CC)NC(=O)COC(=O)c1ccccc1-c1ccccc1C#N. The van der Waals surface area contributed by atoms with Gasteiger partial charge in [0, 0.05) is 11.6 Å². The minimum Gasteiger partial charge on any atom is -0.452 e. The van der Waals surface area contributed by atoms with E-state index in [-0.39, 0.29) is 18.6 Å². The molecule has 2 aromatic rings. The summed E-state index contributed by atoms with van der Waals surface area (Å²) in [7, 11) is 0. The van der Waals surface area contributed by atoms with Crippen molar-refractivity contribution >= 4 is 11.9 Å². The van der Waals surface area contributed by atoms with E-state index in [0.29, 0.717) is 22.3 Å². The lowest BCUT2D eigenvalue weighted by atomic mass is 9.96. The number of carbonyl (C=O) groups is 2. The smallest absolute Gasteiger partial charge is 0.339 e. The normalized spacial score (nSPS) is 10.2. The van der Waals surface area contributed by atoms with E-state index in [2.05, 4.69) is 11.4 Å². The first-order valence-electron chi connectivity index (χ1n) is 8.65. The van der Waals surface area contributed by atoms with Gasteiger partial charge in [0.2, 0.25) is 0 Å². The predicted octanol–water partition coefficient (Wildman–Crippen LogP) is 3.69. The number of amides is 1. The van der Waals surface area contributed by atoms with E-state index >= 15 is 0 Å². The highest BCUT2D eigenvalue weighted by Gasteiger charge is 2.17. The molecule has 26 heavy (non-hydrogen) atoms. The summed E-state index contributed by atoms with van der Waals surface area (Å²) in [4.78, 5) is 24.4. The van der Waals surface area contributed by atoms with Gasteiger partial charge < -0.3 is 10.1 Å². The number of carbonyl (C=O) groups excluding carboxylic acids is 2. The zero-order chi connectivity index (χ0) is 18.9. The first-order chi connectivity index (χ1) is 12.6. The fourth-order valence-electron chi connectivity index (χ4n) is 2.68. The lowest BCUT2D eigenvalue weighted by Gasteiger charge is -2.15. The topological polar surface area (TPSA) is 79.2 Å². The number of nitrogens with one attached hydrogen (secondary N) is 1. The Kier molecular flexibility index (Phi) is 6.92. The maximum absolute atomic E-state index is 12.5. The molecular formula is C21H22N2O3. The van der Waals surface area contributed by atoms with Crippen molar-refractivity contribution in [2.75, 3.05) is 6.61 Å². The van der Waals surface area contributed by atoms with Crippen LogP contribution < -0.4 is 5.32 Å². The van der Waals surface area contributed by atoms with Gasteiger partial charge in [0.1, 0.15) is 0 Å². The van der Waals surface area contributed by atoms with Gasteiger partial charge in [-0.25, -0.2) is 4.79 Å². The second kappa shape index (κ2) is 9.38. The Balaban J connectivity index is 2.16. The molecule has 0 heterocycles. The molecule has 1 N–H and O–H groups in total. The fourth-order valence-corrected chi connectivity index (χ4v) is 2.68. The van der Waals surface area contributed by atoms with E-state index in [1.54, 1.807) is 48.5 Å². The van der Waals surface area contributed by atoms with Crippen LogP contribution in [0, 0.1) is 11.3 Å². The average Bonchev–Trinajstić information content (AvgIpc) is 2.70. The lowest BCUT2D eigenvalue weighted by molar-refractivity contribution is -0.125. The van der Waals surface area contributed by atoms with Crippen LogP contribution in [0.2, 0.25) is 0 Å².